The summed E-state index contributed by atoms with van der Waals surface area (Å²) in [5.74, 6) is 0. The van der Waals surface area contributed by atoms with Gasteiger partial charge in [-0.3, -0.25) is 0 Å². The summed E-state index contributed by atoms with van der Waals surface area (Å²) in [7, 11) is 0. The number of nitrogens with two attached hydrogens (primary N) is 1. The van der Waals surface area contributed by atoms with Gasteiger partial charge in [-0.1, -0.05) is 51.0 Å². The van der Waals surface area contributed by atoms with E-state index >= 15 is 0 Å². The predicted octanol–water partition coefficient (Wildman–Crippen LogP) is 3.75. The van der Waals surface area contributed by atoms with Crippen molar-refractivity contribution < 1.29 is 0 Å². The van der Waals surface area contributed by atoms with Gasteiger partial charge in [0.25, 0.3) is 0 Å². The molecule has 0 amide bonds. The zero-order chi connectivity index (χ0) is 11.8. The van der Waals surface area contributed by atoms with Gasteiger partial charge in [0.15, 0.2) is 0 Å². The average Bonchev–Trinajstić information content (AvgIpc) is 2.25. The molecule has 1 aliphatic carbocycles. The Balaban J connectivity index is 2.22. The zero-order valence-corrected chi connectivity index (χ0v) is 10.7. The summed E-state index contributed by atoms with van der Waals surface area (Å²) in [6.45, 7) is 6.75. The third-order valence-corrected chi connectivity index (χ3v) is 4.56. The summed E-state index contributed by atoms with van der Waals surface area (Å²) in [5, 5.41) is 0. The first-order valence-corrected chi connectivity index (χ1v) is 6.40. The van der Waals surface area contributed by atoms with E-state index in [1.54, 1.807) is 0 Å². The van der Waals surface area contributed by atoms with Crippen molar-refractivity contribution in [2.75, 3.05) is 0 Å². The fourth-order valence-electron chi connectivity index (χ4n) is 3.36. The van der Waals surface area contributed by atoms with Gasteiger partial charge < -0.3 is 5.73 Å². The van der Waals surface area contributed by atoms with E-state index in [1.165, 1.54) is 24.0 Å². The zero-order valence-electron chi connectivity index (χ0n) is 10.7. The van der Waals surface area contributed by atoms with Crippen LogP contribution in [0.4, 0.5) is 0 Å². The lowest BCUT2D eigenvalue weighted by atomic mass is 9.53. The van der Waals surface area contributed by atoms with E-state index in [4.69, 9.17) is 5.73 Å². The van der Waals surface area contributed by atoms with Crippen LogP contribution >= 0.6 is 0 Å². The second-order valence-corrected chi connectivity index (χ2v) is 5.53. The second kappa shape index (κ2) is 3.89. The van der Waals surface area contributed by atoms with Crippen LogP contribution in [0.3, 0.4) is 0 Å². The molecule has 0 spiro atoms. The molecule has 1 saturated carbocycles. The van der Waals surface area contributed by atoms with E-state index in [2.05, 4.69) is 45.0 Å². The summed E-state index contributed by atoms with van der Waals surface area (Å²) >= 11 is 0. The van der Waals surface area contributed by atoms with E-state index in [9.17, 15) is 0 Å². The molecule has 1 heteroatoms. The Kier molecular flexibility index (Phi) is 2.83. The number of hydrogen-bond donors (Lipinski definition) is 1. The molecule has 0 aromatic heterocycles. The number of hydrogen-bond acceptors (Lipinski definition) is 1. The first-order chi connectivity index (χ1) is 7.55. The Bertz CT molecular complexity index is 369. The molecule has 1 aromatic rings. The van der Waals surface area contributed by atoms with E-state index in [1.807, 2.05) is 0 Å². The van der Waals surface area contributed by atoms with Crippen LogP contribution in [0.5, 0.6) is 0 Å². The highest BCUT2D eigenvalue weighted by molar-refractivity contribution is 5.35. The molecule has 2 N–H and O–H groups in total. The summed E-state index contributed by atoms with van der Waals surface area (Å²) in [4.78, 5) is 0. The Hall–Kier alpha value is -0.820. The highest BCUT2D eigenvalue weighted by Gasteiger charge is 2.51. The van der Waals surface area contributed by atoms with E-state index in [-0.39, 0.29) is 5.54 Å². The molecule has 2 rings (SSSR count). The Morgan fingerprint density at radius 2 is 1.69 bits per heavy atom. The molecule has 88 valence electrons. The molecule has 0 bridgehead atoms. The van der Waals surface area contributed by atoms with Gasteiger partial charge in [-0.15, -0.1) is 0 Å². The molecular formula is C15H23N. The van der Waals surface area contributed by atoms with Gasteiger partial charge in [-0.25, -0.2) is 0 Å². The molecule has 1 aromatic carbocycles. The fourth-order valence-corrected chi connectivity index (χ4v) is 3.36. The first kappa shape index (κ1) is 11.7. The van der Waals surface area contributed by atoms with Crippen LogP contribution in [0, 0.1) is 12.3 Å². The largest absolute Gasteiger partial charge is 0.321 e. The second-order valence-electron chi connectivity index (χ2n) is 5.53. The maximum atomic E-state index is 6.55. The minimum atomic E-state index is -0.0582. The lowest BCUT2D eigenvalue weighted by Gasteiger charge is -2.55. The summed E-state index contributed by atoms with van der Waals surface area (Å²) in [5.41, 5.74) is 9.70. The van der Waals surface area contributed by atoms with Gasteiger partial charge in [0.05, 0.1) is 0 Å². The molecule has 0 aliphatic heterocycles. The van der Waals surface area contributed by atoms with E-state index < -0.39 is 0 Å². The van der Waals surface area contributed by atoms with Crippen LogP contribution in [0.15, 0.2) is 24.3 Å². The van der Waals surface area contributed by atoms with Crippen molar-refractivity contribution in [3.05, 3.63) is 35.4 Å². The van der Waals surface area contributed by atoms with Crippen molar-refractivity contribution in [1.82, 2.24) is 0 Å². The fraction of sp³-hybridized carbons (Fsp3) is 0.600. The summed E-state index contributed by atoms with van der Waals surface area (Å²) in [6.07, 6.45) is 4.82. The smallest absolute Gasteiger partial charge is 0.0422 e. The first-order valence-electron chi connectivity index (χ1n) is 6.40. The van der Waals surface area contributed by atoms with Crippen LogP contribution < -0.4 is 5.73 Å². The SMILES string of the molecule is CCC1(CC)CC(N)(c2ccccc2C)C1. The third kappa shape index (κ3) is 1.67. The monoisotopic (exact) mass is 217 g/mol. The molecule has 0 atom stereocenters. The van der Waals surface area contributed by atoms with Crippen molar-refractivity contribution in [3.8, 4) is 0 Å². The van der Waals surface area contributed by atoms with E-state index in [0.29, 0.717) is 5.41 Å². The maximum Gasteiger partial charge on any atom is 0.0422 e. The van der Waals surface area contributed by atoms with Crippen LogP contribution in [0.2, 0.25) is 0 Å². The van der Waals surface area contributed by atoms with Crippen molar-refractivity contribution in [2.24, 2.45) is 11.1 Å². The third-order valence-electron chi connectivity index (χ3n) is 4.56. The lowest BCUT2D eigenvalue weighted by Crippen LogP contribution is -2.55. The molecule has 0 heterocycles. The molecule has 0 radical (unpaired) electrons. The van der Waals surface area contributed by atoms with Crippen LogP contribution in [-0.4, -0.2) is 0 Å². The molecule has 0 unspecified atom stereocenters. The summed E-state index contributed by atoms with van der Waals surface area (Å²) < 4.78 is 0. The van der Waals surface area contributed by atoms with E-state index in [0.717, 1.165) is 12.8 Å². The molecule has 1 fully saturated rings. The molecule has 0 saturated heterocycles. The van der Waals surface area contributed by atoms with Gasteiger partial charge in [-0.05, 0) is 36.3 Å². The lowest BCUT2D eigenvalue weighted by molar-refractivity contribution is 0.0163. The van der Waals surface area contributed by atoms with Gasteiger partial charge in [0.2, 0.25) is 0 Å². The van der Waals surface area contributed by atoms with Gasteiger partial charge >= 0.3 is 0 Å². The van der Waals surface area contributed by atoms with Crippen LogP contribution in [0.25, 0.3) is 0 Å². The Morgan fingerprint density at radius 3 is 2.19 bits per heavy atom. The highest BCUT2D eigenvalue weighted by Crippen LogP contribution is 2.56. The van der Waals surface area contributed by atoms with Crippen molar-refractivity contribution >= 4 is 0 Å². The molecular weight excluding hydrogens is 194 g/mol. The van der Waals surface area contributed by atoms with Crippen molar-refractivity contribution in [1.29, 1.82) is 0 Å². The van der Waals surface area contributed by atoms with Crippen molar-refractivity contribution in [3.63, 3.8) is 0 Å². The average molecular weight is 217 g/mol. The van der Waals surface area contributed by atoms with Crippen LogP contribution in [0.1, 0.15) is 50.7 Å². The van der Waals surface area contributed by atoms with Gasteiger partial charge in [-0.2, -0.15) is 0 Å². The molecule has 1 nitrogen and oxygen atoms in total. The van der Waals surface area contributed by atoms with Gasteiger partial charge in [0, 0.05) is 5.54 Å². The molecule has 1 aliphatic rings. The molecule has 16 heavy (non-hydrogen) atoms. The van der Waals surface area contributed by atoms with Crippen LogP contribution in [-0.2, 0) is 5.54 Å². The minimum Gasteiger partial charge on any atom is -0.321 e. The standard InChI is InChI=1S/C15H23N/c1-4-14(5-2)10-15(16,11-14)13-9-7-6-8-12(13)3/h6-9H,4-5,10-11,16H2,1-3H3. The highest BCUT2D eigenvalue weighted by atomic mass is 14.8. The number of aryl methyl sites for hydroxylation is 1. The topological polar surface area (TPSA) is 26.0 Å². The normalized spacial score (nSPS) is 21.5. The minimum absolute atomic E-state index is 0.0582. The maximum absolute atomic E-state index is 6.55. The quantitative estimate of drug-likeness (QED) is 0.820. The number of benzene rings is 1. The Morgan fingerprint density at radius 1 is 1.12 bits per heavy atom. The van der Waals surface area contributed by atoms with Crippen molar-refractivity contribution in [2.45, 2.75) is 52.0 Å². The number of rotatable bonds is 3. The summed E-state index contributed by atoms with van der Waals surface area (Å²) in [6, 6.07) is 8.56. The Labute approximate surface area is 99.0 Å². The predicted molar refractivity (Wildman–Crippen MR) is 69.3 cm³/mol. The van der Waals surface area contributed by atoms with Gasteiger partial charge in [0.1, 0.15) is 0 Å².